The molecule has 0 aliphatic rings. The molecule has 0 spiro atoms. The van der Waals surface area contributed by atoms with Gasteiger partial charge in [-0.3, -0.25) is 0 Å². The predicted octanol–water partition coefficient (Wildman–Crippen LogP) is 12.6. The van der Waals surface area contributed by atoms with E-state index < -0.39 is 0 Å². The first-order chi connectivity index (χ1) is 22.6. The second-order valence-corrected chi connectivity index (χ2v) is 18.3. The van der Waals surface area contributed by atoms with Crippen molar-refractivity contribution < 1.29 is 19.2 Å². The summed E-state index contributed by atoms with van der Waals surface area (Å²) < 4.78 is 0. The Labute approximate surface area is 285 Å². The monoisotopic (exact) mass is 640 g/mol. The quantitative estimate of drug-likeness (QED) is 0.133. The van der Waals surface area contributed by atoms with Crippen molar-refractivity contribution >= 4 is 27.7 Å². The van der Waals surface area contributed by atoms with Crippen molar-refractivity contribution in [3.8, 4) is 44.5 Å². The van der Waals surface area contributed by atoms with Gasteiger partial charge in [-0.1, -0.05) is 168 Å². The van der Waals surface area contributed by atoms with Gasteiger partial charge in [0.15, 0.2) is 0 Å². The molecule has 0 atom stereocenters. The Balaban J connectivity index is 0.000000145. The van der Waals surface area contributed by atoms with Crippen LogP contribution < -0.4 is 0 Å². The van der Waals surface area contributed by atoms with Crippen LogP contribution >= 0.6 is 0 Å². The van der Waals surface area contributed by atoms with Crippen LogP contribution in [-0.2, 0) is 19.2 Å². The summed E-state index contributed by atoms with van der Waals surface area (Å²) in [5.74, 6) is 0. The van der Waals surface area contributed by atoms with Crippen LogP contribution in [0.1, 0.15) is 0 Å². The Morgan fingerprint density at radius 1 is 0.391 bits per heavy atom. The number of rotatable bonds is 4. The number of fused-ring (bicyclic) bond motifs is 2. The molecule has 0 bridgehead atoms. The van der Waals surface area contributed by atoms with Crippen LogP contribution in [0.2, 0.25) is 13.1 Å². The molecule has 0 nitrogen and oxygen atoms in total. The minimum Gasteiger partial charge on any atom is -0.144 e. The first kappa shape index (κ1) is 31.5. The van der Waals surface area contributed by atoms with E-state index in [1.54, 1.807) is 0 Å². The first-order valence-corrected chi connectivity index (χ1v) is 20.5. The zero-order valence-electron chi connectivity index (χ0n) is 26.3. The van der Waals surface area contributed by atoms with E-state index in [0.29, 0.717) is 0 Å². The summed E-state index contributed by atoms with van der Waals surface area (Å²) in [7, 11) is 0. The van der Waals surface area contributed by atoms with E-state index in [2.05, 4.69) is 214 Å². The summed E-state index contributed by atoms with van der Waals surface area (Å²) in [4.78, 5) is 0. The molecule has 0 saturated heterocycles. The zero-order chi connectivity index (χ0) is 31.7. The van der Waals surface area contributed by atoms with Gasteiger partial charge in [-0.25, -0.2) is 0 Å². The summed E-state index contributed by atoms with van der Waals surface area (Å²) in [5, 5.41) is 5.25. The Morgan fingerprint density at radius 2 is 0.696 bits per heavy atom. The minimum absolute atomic E-state index is 0.120. The van der Waals surface area contributed by atoms with E-state index in [0.717, 1.165) is 0 Å². The molecule has 2 heteroatoms. The zero-order valence-corrected chi connectivity index (χ0v) is 28.9. The molecule has 0 saturated carbocycles. The molecule has 0 aliphatic heterocycles. The Kier molecular flexibility index (Phi) is 10.4. The first-order valence-electron chi connectivity index (χ1n) is 15.7. The molecule has 0 heterocycles. The maximum Gasteiger partial charge on any atom is -0.0259 e. The van der Waals surface area contributed by atoms with Crippen molar-refractivity contribution in [1.29, 1.82) is 0 Å². The van der Waals surface area contributed by atoms with Crippen LogP contribution in [0, 0.1) is 0 Å². The van der Waals surface area contributed by atoms with Crippen LogP contribution in [0.25, 0.3) is 66.1 Å². The Bertz CT molecular complexity index is 2000. The third kappa shape index (κ3) is 7.64. The van der Waals surface area contributed by atoms with Crippen molar-refractivity contribution in [2.45, 2.75) is 13.1 Å². The molecule has 0 radical (unpaired) electrons. The van der Waals surface area contributed by atoms with E-state index in [1.807, 2.05) is 0 Å². The molecule has 8 aromatic rings. The van der Waals surface area contributed by atoms with Crippen LogP contribution in [-0.4, -0.2) is 6.19 Å². The maximum atomic E-state index is 2.30. The van der Waals surface area contributed by atoms with Crippen molar-refractivity contribution in [3.63, 3.8) is 0 Å². The fourth-order valence-corrected chi connectivity index (χ4v) is 5.80. The normalized spacial score (nSPS) is 10.5. The average Bonchev–Trinajstić information content (AvgIpc) is 3.75. The van der Waals surface area contributed by atoms with Gasteiger partial charge < -0.3 is 0 Å². The Hall–Kier alpha value is -4.53. The van der Waals surface area contributed by atoms with Gasteiger partial charge in [0.1, 0.15) is 0 Å². The average molecular weight is 641 g/mol. The van der Waals surface area contributed by atoms with E-state index in [9.17, 15) is 0 Å². The molecule has 0 amide bonds. The van der Waals surface area contributed by atoms with Crippen LogP contribution in [0.5, 0.6) is 0 Å². The molecule has 0 aromatic heterocycles. The second kappa shape index (κ2) is 15.2. The van der Waals surface area contributed by atoms with E-state index in [1.165, 1.54) is 66.1 Å². The van der Waals surface area contributed by atoms with Crippen LogP contribution in [0.15, 0.2) is 182 Å². The summed E-state index contributed by atoms with van der Waals surface area (Å²) in [5.41, 5.74) is 10.3. The number of hydrogen-bond donors (Lipinski definition) is 0. The molecule has 0 unspecified atom stereocenters. The van der Waals surface area contributed by atoms with E-state index >= 15 is 0 Å². The van der Waals surface area contributed by atoms with Gasteiger partial charge in [0.2, 0.25) is 0 Å². The second-order valence-electron chi connectivity index (χ2n) is 11.6. The van der Waals surface area contributed by atoms with Crippen molar-refractivity contribution in [2.24, 2.45) is 0 Å². The molecule has 46 heavy (non-hydrogen) atoms. The molecular weight excluding hydrogens is 604 g/mol. The predicted molar refractivity (Wildman–Crippen MR) is 198 cm³/mol. The third-order valence-electron chi connectivity index (χ3n) is 7.89. The van der Waals surface area contributed by atoms with Crippen molar-refractivity contribution in [2.75, 3.05) is 0 Å². The molecule has 8 aromatic carbocycles. The van der Waals surface area contributed by atoms with Crippen LogP contribution in [0.4, 0.5) is 0 Å². The molecule has 0 fully saturated rings. The van der Waals surface area contributed by atoms with Crippen molar-refractivity contribution in [1.82, 2.24) is 0 Å². The number of benzene rings is 6. The molecule has 0 N–H and O–H groups in total. The van der Waals surface area contributed by atoms with Gasteiger partial charge in [-0.2, -0.15) is 0 Å². The maximum absolute atomic E-state index is 2.30. The number of hydrogen-bond acceptors (Lipinski definition) is 0. The summed E-state index contributed by atoms with van der Waals surface area (Å²) in [6, 6.07) is 64.5. The standard InChI is InChI=1S/2C21H15.C2H6Si.Ti/c2*1-3-8-16(9-4-1)19-14-18-12-7-13-20(21(18)15-19)17-10-5-2-6-11-17;1-3-2;/h2*1-15H;1-2H3;/q2*-1;;+2. The summed E-state index contributed by atoms with van der Waals surface area (Å²) in [6.07, 6.45) is 0.120. The van der Waals surface area contributed by atoms with Gasteiger partial charge in [0.05, 0.1) is 0 Å². The van der Waals surface area contributed by atoms with E-state index in [-0.39, 0.29) is 6.19 Å². The molecule has 0 aliphatic carbocycles. The summed E-state index contributed by atoms with van der Waals surface area (Å²) >= 11 is 2.27. The van der Waals surface area contributed by atoms with Gasteiger partial charge in [0.25, 0.3) is 0 Å². The topological polar surface area (TPSA) is 0 Å². The van der Waals surface area contributed by atoms with Gasteiger partial charge in [-0.15, -0.1) is 69.1 Å². The van der Waals surface area contributed by atoms with Gasteiger partial charge in [-0.05, 0) is 11.1 Å². The fraction of sp³-hybridized carbons (Fsp3) is 0.0455. The van der Waals surface area contributed by atoms with Crippen molar-refractivity contribution in [3.05, 3.63) is 182 Å². The van der Waals surface area contributed by atoms with Gasteiger partial charge in [0, 0.05) is 0 Å². The SMILES string of the molecule is C[Si](C)=[Ti+2].c1ccc(-c2cc3c(-c4ccccc4)cccc3[cH-]2)cc1.c1ccc(-c2cc3c(-c4ccccc4)cccc3[cH-]2)cc1. The fourth-order valence-electron chi connectivity index (χ4n) is 5.80. The smallest absolute Gasteiger partial charge is 0.0259 e. The molecule has 220 valence electrons. The summed E-state index contributed by atoms with van der Waals surface area (Å²) in [6.45, 7) is 4.54. The minimum atomic E-state index is 0.120. The van der Waals surface area contributed by atoms with Crippen LogP contribution in [0.3, 0.4) is 0 Å². The largest absolute Gasteiger partial charge is 0.144 e. The third-order valence-corrected chi connectivity index (χ3v) is 7.89. The van der Waals surface area contributed by atoms with E-state index in [4.69, 9.17) is 0 Å². The molecule has 8 rings (SSSR count). The van der Waals surface area contributed by atoms with Gasteiger partial charge >= 0.3 is 38.5 Å². The Morgan fingerprint density at radius 3 is 1.02 bits per heavy atom. The molecular formula is C44H36SiTi.